The van der Waals surface area contributed by atoms with E-state index in [4.69, 9.17) is 0 Å². The van der Waals surface area contributed by atoms with Crippen LogP contribution in [0.15, 0.2) is 27.8 Å². The maximum atomic E-state index is 11.4. The quantitative estimate of drug-likeness (QED) is 0.790. The molecule has 0 aromatic carbocycles. The number of ketones is 1. The monoisotopic (exact) mass is 273 g/mol. The summed E-state index contributed by atoms with van der Waals surface area (Å²) in [7, 11) is 0. The molecule has 4 heteroatoms. The molecule has 0 fully saturated rings. The number of pyridine rings is 1. The molecule has 0 bridgehead atoms. The van der Waals surface area contributed by atoms with Crippen LogP contribution < -0.4 is 0 Å². The lowest BCUT2D eigenvalue weighted by Gasteiger charge is -2.04. The Hall–Kier alpha value is -0.350. The number of hydrogen-bond donors (Lipinski definition) is 0. The van der Waals surface area contributed by atoms with Gasteiger partial charge in [0.15, 0.2) is 0 Å². The van der Waals surface area contributed by atoms with E-state index < -0.39 is 0 Å². The molecule has 0 N–H and O–H groups in total. The number of nitrogens with zero attached hydrogens (tertiary/aromatic N) is 1. The zero-order chi connectivity index (χ0) is 10.6. The van der Waals surface area contributed by atoms with Crippen LogP contribution in [0.5, 0.6) is 0 Å². The van der Waals surface area contributed by atoms with Crippen LogP contribution in [0.2, 0.25) is 0 Å². The highest BCUT2D eigenvalue weighted by Crippen LogP contribution is 2.24. The van der Waals surface area contributed by atoms with E-state index in [2.05, 4.69) is 20.9 Å². The normalized spacial score (nSPS) is 10.6. The van der Waals surface area contributed by atoms with Crippen molar-refractivity contribution in [1.29, 1.82) is 0 Å². The molecule has 1 heterocycles. The lowest BCUT2D eigenvalue weighted by molar-refractivity contribution is -0.119. The molecule has 0 saturated heterocycles. The van der Waals surface area contributed by atoms with Crippen molar-refractivity contribution in [2.45, 2.75) is 18.9 Å². The second-order valence-corrected chi connectivity index (χ2v) is 5.02. The predicted molar refractivity (Wildman–Crippen MR) is 62.5 cm³/mol. The molecule has 1 aromatic rings. The number of thioether (sulfide) groups is 1. The minimum Gasteiger partial charge on any atom is -0.298 e. The van der Waals surface area contributed by atoms with E-state index in [-0.39, 0.29) is 11.7 Å². The molecule has 0 atom stereocenters. The first-order chi connectivity index (χ1) is 6.61. The molecule has 14 heavy (non-hydrogen) atoms. The third-order valence-electron chi connectivity index (χ3n) is 1.72. The summed E-state index contributed by atoms with van der Waals surface area (Å²) in [6.07, 6.45) is 1.73. The third-order valence-corrected chi connectivity index (χ3v) is 3.65. The SMILES string of the molecule is CC(C)C(=O)CSc1ncccc1Br. The first-order valence-electron chi connectivity index (χ1n) is 4.37. The van der Waals surface area contributed by atoms with E-state index in [9.17, 15) is 4.79 Å². The van der Waals surface area contributed by atoms with Crippen LogP contribution in [0.25, 0.3) is 0 Å². The summed E-state index contributed by atoms with van der Waals surface area (Å²) in [5.74, 6) is 0.852. The van der Waals surface area contributed by atoms with E-state index in [1.54, 1.807) is 6.20 Å². The highest BCUT2D eigenvalue weighted by atomic mass is 79.9. The summed E-state index contributed by atoms with van der Waals surface area (Å²) in [5, 5.41) is 0.876. The zero-order valence-electron chi connectivity index (χ0n) is 8.16. The molecule has 0 aliphatic carbocycles. The summed E-state index contributed by atoms with van der Waals surface area (Å²) in [6, 6.07) is 3.79. The summed E-state index contributed by atoms with van der Waals surface area (Å²) in [6.45, 7) is 3.83. The van der Waals surface area contributed by atoms with Crippen LogP contribution in [-0.4, -0.2) is 16.5 Å². The van der Waals surface area contributed by atoms with Crippen LogP contribution in [-0.2, 0) is 4.79 Å². The lowest BCUT2D eigenvalue weighted by Crippen LogP contribution is -2.09. The number of carbonyl (C=O) groups is 1. The van der Waals surface area contributed by atoms with E-state index in [0.29, 0.717) is 5.75 Å². The molecule has 0 aliphatic heterocycles. The maximum Gasteiger partial charge on any atom is 0.145 e. The van der Waals surface area contributed by atoms with Crippen LogP contribution in [0.3, 0.4) is 0 Å². The van der Waals surface area contributed by atoms with Crippen molar-refractivity contribution < 1.29 is 4.79 Å². The van der Waals surface area contributed by atoms with Gasteiger partial charge in [-0.15, -0.1) is 0 Å². The molecule has 0 amide bonds. The van der Waals surface area contributed by atoms with Gasteiger partial charge in [-0.05, 0) is 28.1 Å². The molecule has 0 radical (unpaired) electrons. The predicted octanol–water partition coefficient (Wildman–Crippen LogP) is 3.16. The molecule has 0 saturated carbocycles. The second-order valence-electron chi connectivity index (χ2n) is 3.20. The Balaban J connectivity index is 2.54. The number of Topliss-reactive ketones (excluding diaryl/α,β-unsaturated/α-hetero) is 1. The number of rotatable bonds is 4. The standard InChI is InChI=1S/C10H12BrNOS/c1-7(2)9(13)6-14-10-8(11)4-3-5-12-10/h3-5,7H,6H2,1-2H3. The van der Waals surface area contributed by atoms with Crippen LogP contribution >= 0.6 is 27.7 Å². The Kier molecular flexibility index (Phi) is 4.62. The van der Waals surface area contributed by atoms with Gasteiger partial charge < -0.3 is 0 Å². The van der Waals surface area contributed by atoms with Gasteiger partial charge in [0.05, 0.1) is 5.75 Å². The highest BCUT2D eigenvalue weighted by Gasteiger charge is 2.09. The number of carbonyl (C=O) groups excluding carboxylic acids is 1. The van der Waals surface area contributed by atoms with Crippen LogP contribution in [0.4, 0.5) is 0 Å². The second kappa shape index (κ2) is 5.51. The van der Waals surface area contributed by atoms with E-state index in [1.807, 2.05) is 26.0 Å². The summed E-state index contributed by atoms with van der Waals surface area (Å²) >= 11 is 4.86. The van der Waals surface area contributed by atoms with Crippen molar-refractivity contribution in [2.24, 2.45) is 5.92 Å². The fraction of sp³-hybridized carbons (Fsp3) is 0.400. The average Bonchev–Trinajstić information content (AvgIpc) is 2.16. The van der Waals surface area contributed by atoms with Gasteiger partial charge in [-0.2, -0.15) is 0 Å². The van der Waals surface area contributed by atoms with Gasteiger partial charge >= 0.3 is 0 Å². The van der Waals surface area contributed by atoms with E-state index in [1.165, 1.54) is 11.8 Å². The Morgan fingerprint density at radius 2 is 2.36 bits per heavy atom. The first kappa shape index (κ1) is 11.7. The Labute approximate surface area is 96.6 Å². The minimum atomic E-state index is 0.102. The number of hydrogen-bond acceptors (Lipinski definition) is 3. The van der Waals surface area contributed by atoms with Gasteiger partial charge in [0.25, 0.3) is 0 Å². The number of aromatic nitrogens is 1. The van der Waals surface area contributed by atoms with Crippen molar-refractivity contribution in [1.82, 2.24) is 4.98 Å². The molecule has 0 aliphatic rings. The van der Waals surface area contributed by atoms with E-state index >= 15 is 0 Å². The largest absolute Gasteiger partial charge is 0.298 e. The molecular weight excluding hydrogens is 262 g/mol. The molecule has 0 spiro atoms. The lowest BCUT2D eigenvalue weighted by atomic mass is 10.1. The fourth-order valence-corrected chi connectivity index (χ4v) is 2.34. The third kappa shape index (κ3) is 3.42. The summed E-state index contributed by atoms with van der Waals surface area (Å²) in [5.41, 5.74) is 0. The maximum absolute atomic E-state index is 11.4. The van der Waals surface area contributed by atoms with Gasteiger partial charge in [0, 0.05) is 16.6 Å². The van der Waals surface area contributed by atoms with Gasteiger partial charge in [-0.1, -0.05) is 25.6 Å². The van der Waals surface area contributed by atoms with Crippen molar-refractivity contribution in [3.63, 3.8) is 0 Å². The minimum absolute atomic E-state index is 0.102. The van der Waals surface area contributed by atoms with Gasteiger partial charge in [0.2, 0.25) is 0 Å². The highest BCUT2D eigenvalue weighted by molar-refractivity contribution is 9.10. The van der Waals surface area contributed by atoms with Crippen molar-refractivity contribution in [3.8, 4) is 0 Å². The van der Waals surface area contributed by atoms with Crippen molar-refractivity contribution >= 4 is 33.5 Å². The smallest absolute Gasteiger partial charge is 0.145 e. The topological polar surface area (TPSA) is 30.0 Å². The molecule has 1 rings (SSSR count). The zero-order valence-corrected chi connectivity index (χ0v) is 10.6. The van der Waals surface area contributed by atoms with Gasteiger partial charge in [0.1, 0.15) is 10.8 Å². The molecule has 2 nitrogen and oxygen atoms in total. The molecule has 1 aromatic heterocycles. The van der Waals surface area contributed by atoms with E-state index in [0.717, 1.165) is 9.50 Å². The van der Waals surface area contributed by atoms with Crippen molar-refractivity contribution in [3.05, 3.63) is 22.8 Å². The Morgan fingerprint density at radius 3 is 2.93 bits per heavy atom. The van der Waals surface area contributed by atoms with Crippen LogP contribution in [0.1, 0.15) is 13.8 Å². The Morgan fingerprint density at radius 1 is 1.64 bits per heavy atom. The van der Waals surface area contributed by atoms with Gasteiger partial charge in [-0.25, -0.2) is 4.98 Å². The summed E-state index contributed by atoms with van der Waals surface area (Å²) in [4.78, 5) is 15.5. The molecule has 76 valence electrons. The fourth-order valence-electron chi connectivity index (χ4n) is 0.784. The van der Waals surface area contributed by atoms with Gasteiger partial charge in [-0.3, -0.25) is 4.79 Å². The Bertz CT molecular complexity index is 328. The van der Waals surface area contributed by atoms with Crippen LogP contribution in [0, 0.1) is 5.92 Å². The molecular formula is C10H12BrNOS. The molecule has 0 unspecified atom stereocenters. The number of halogens is 1. The summed E-state index contributed by atoms with van der Waals surface area (Å²) < 4.78 is 0.946. The average molecular weight is 274 g/mol. The first-order valence-corrected chi connectivity index (χ1v) is 6.15. The van der Waals surface area contributed by atoms with Crippen molar-refractivity contribution in [2.75, 3.05) is 5.75 Å².